The van der Waals surface area contributed by atoms with Gasteiger partial charge in [0, 0.05) is 23.9 Å². The summed E-state index contributed by atoms with van der Waals surface area (Å²) in [5.41, 5.74) is 0. The van der Waals surface area contributed by atoms with Crippen LogP contribution < -0.4 is 9.64 Å². The van der Waals surface area contributed by atoms with Crippen LogP contribution in [0.3, 0.4) is 0 Å². The van der Waals surface area contributed by atoms with Gasteiger partial charge in [-0.25, -0.2) is 0 Å². The zero-order valence-corrected chi connectivity index (χ0v) is 18.2. The molecule has 2 aromatic heterocycles. The topological polar surface area (TPSA) is 76.6 Å². The first-order chi connectivity index (χ1) is 14.7. The van der Waals surface area contributed by atoms with E-state index in [2.05, 4.69) is 19.7 Å². The van der Waals surface area contributed by atoms with Crippen molar-refractivity contribution in [2.24, 2.45) is 0 Å². The monoisotopic (exact) mass is 448 g/mol. The van der Waals surface area contributed by atoms with E-state index in [1.807, 2.05) is 12.1 Å². The van der Waals surface area contributed by atoms with Crippen molar-refractivity contribution in [3.05, 3.63) is 53.4 Å². The van der Waals surface area contributed by atoms with Crippen LogP contribution in [-0.4, -0.2) is 51.4 Å². The van der Waals surface area contributed by atoms with Crippen LogP contribution in [0.15, 0.2) is 52.2 Å². The number of benzene rings is 1. The third-order valence-electron chi connectivity index (χ3n) is 4.89. The quantitative estimate of drug-likeness (QED) is 0.494. The van der Waals surface area contributed by atoms with Gasteiger partial charge in [0.25, 0.3) is 0 Å². The van der Waals surface area contributed by atoms with Crippen LogP contribution in [-0.2, 0) is 6.54 Å². The van der Waals surface area contributed by atoms with Gasteiger partial charge in [0.15, 0.2) is 5.16 Å². The van der Waals surface area contributed by atoms with Crippen molar-refractivity contribution in [1.82, 2.24) is 14.8 Å². The van der Waals surface area contributed by atoms with E-state index in [9.17, 15) is 5.11 Å². The summed E-state index contributed by atoms with van der Waals surface area (Å²) in [7, 11) is 0. The Hall–Kier alpha value is -2.16. The van der Waals surface area contributed by atoms with Gasteiger partial charge >= 0.3 is 0 Å². The second-order valence-electron chi connectivity index (χ2n) is 7.23. The molecular weight excluding hydrogens is 424 g/mol. The van der Waals surface area contributed by atoms with Crippen LogP contribution in [0.4, 0.5) is 5.95 Å². The standard InChI is InChI=1S/C21H25ClN4O3S/c22-16-6-8-18(9-7-16)29-14-17(27)15-30-21-24-23-20(25-10-2-1-3-11-25)26(21)13-19-5-4-12-28-19/h4-9,12,17,27H,1-3,10-11,13-15H2. The summed E-state index contributed by atoms with van der Waals surface area (Å²) in [6.07, 6.45) is 4.61. The van der Waals surface area contributed by atoms with E-state index < -0.39 is 6.10 Å². The average molecular weight is 449 g/mol. The molecule has 1 fully saturated rings. The first-order valence-corrected chi connectivity index (χ1v) is 11.4. The number of anilines is 1. The Morgan fingerprint density at radius 2 is 1.93 bits per heavy atom. The van der Waals surface area contributed by atoms with E-state index in [0.29, 0.717) is 23.1 Å². The van der Waals surface area contributed by atoms with Crippen molar-refractivity contribution < 1.29 is 14.3 Å². The van der Waals surface area contributed by atoms with Crippen LogP contribution in [0.5, 0.6) is 5.75 Å². The average Bonchev–Trinajstić information content (AvgIpc) is 3.43. The number of aliphatic hydroxyl groups is 1. The molecule has 1 saturated heterocycles. The molecule has 0 radical (unpaired) electrons. The molecule has 1 aliphatic heterocycles. The zero-order chi connectivity index (χ0) is 20.8. The van der Waals surface area contributed by atoms with E-state index in [-0.39, 0.29) is 6.61 Å². The molecule has 160 valence electrons. The highest BCUT2D eigenvalue weighted by Crippen LogP contribution is 2.26. The number of thioether (sulfide) groups is 1. The molecule has 1 N–H and O–H groups in total. The van der Waals surface area contributed by atoms with Crippen molar-refractivity contribution in [2.75, 3.05) is 30.3 Å². The first kappa shape index (κ1) is 21.1. The number of hydrogen-bond acceptors (Lipinski definition) is 7. The summed E-state index contributed by atoms with van der Waals surface area (Å²) in [4.78, 5) is 2.28. The van der Waals surface area contributed by atoms with Gasteiger partial charge in [-0.3, -0.25) is 4.57 Å². The molecule has 1 aliphatic rings. The maximum absolute atomic E-state index is 10.4. The Bertz CT molecular complexity index is 911. The lowest BCUT2D eigenvalue weighted by molar-refractivity contribution is 0.126. The van der Waals surface area contributed by atoms with Crippen LogP contribution in [0.25, 0.3) is 0 Å². The Kier molecular flexibility index (Phi) is 7.20. The number of ether oxygens (including phenoxy) is 1. The normalized spacial score (nSPS) is 15.3. The number of piperidine rings is 1. The maximum Gasteiger partial charge on any atom is 0.228 e. The minimum Gasteiger partial charge on any atom is -0.491 e. The van der Waals surface area contributed by atoms with E-state index in [1.165, 1.54) is 18.2 Å². The van der Waals surface area contributed by atoms with Gasteiger partial charge in [-0.15, -0.1) is 10.2 Å². The highest BCUT2D eigenvalue weighted by atomic mass is 35.5. The molecule has 30 heavy (non-hydrogen) atoms. The number of furan rings is 1. The van der Waals surface area contributed by atoms with Gasteiger partial charge in [0.05, 0.1) is 18.9 Å². The van der Waals surface area contributed by atoms with Gasteiger partial charge in [-0.2, -0.15) is 0 Å². The molecule has 0 spiro atoms. The lowest BCUT2D eigenvalue weighted by Crippen LogP contribution is -2.32. The minimum atomic E-state index is -0.641. The SMILES string of the molecule is OC(COc1ccc(Cl)cc1)CSc1nnc(N2CCCCC2)n1Cc1ccco1. The number of nitrogens with zero attached hydrogens (tertiary/aromatic N) is 4. The molecular formula is C21H25ClN4O3S. The fraction of sp³-hybridized carbons (Fsp3) is 0.429. The van der Waals surface area contributed by atoms with E-state index in [4.69, 9.17) is 20.8 Å². The summed E-state index contributed by atoms with van der Waals surface area (Å²) < 4.78 is 13.3. The first-order valence-electron chi connectivity index (χ1n) is 10.1. The van der Waals surface area contributed by atoms with Crippen LogP contribution in [0.1, 0.15) is 25.0 Å². The fourth-order valence-electron chi connectivity index (χ4n) is 3.35. The van der Waals surface area contributed by atoms with Crippen LogP contribution in [0, 0.1) is 0 Å². The molecule has 0 aliphatic carbocycles. The summed E-state index contributed by atoms with van der Waals surface area (Å²) in [5, 5.41) is 20.6. The molecule has 9 heteroatoms. The van der Waals surface area contributed by atoms with Crippen molar-refractivity contribution in [2.45, 2.75) is 37.1 Å². The number of hydrogen-bond donors (Lipinski definition) is 1. The number of halogens is 1. The second-order valence-corrected chi connectivity index (χ2v) is 8.65. The van der Waals surface area contributed by atoms with Crippen LogP contribution in [0.2, 0.25) is 5.02 Å². The predicted octanol–water partition coefficient (Wildman–Crippen LogP) is 4.10. The molecule has 1 unspecified atom stereocenters. The van der Waals surface area contributed by atoms with E-state index in [0.717, 1.165) is 42.8 Å². The lowest BCUT2D eigenvalue weighted by Gasteiger charge is -2.27. The predicted molar refractivity (Wildman–Crippen MR) is 118 cm³/mol. The molecule has 4 rings (SSSR count). The van der Waals surface area contributed by atoms with Crippen molar-refractivity contribution in [3.8, 4) is 5.75 Å². The summed E-state index contributed by atoms with van der Waals surface area (Å²) in [6.45, 7) is 2.72. The second kappa shape index (κ2) is 10.2. The summed E-state index contributed by atoms with van der Waals surface area (Å²) in [6, 6.07) is 10.9. The van der Waals surface area contributed by atoms with Gasteiger partial charge in [0.1, 0.15) is 18.1 Å². The van der Waals surface area contributed by atoms with Gasteiger partial charge < -0.3 is 19.2 Å². The van der Waals surface area contributed by atoms with Crippen molar-refractivity contribution in [1.29, 1.82) is 0 Å². The summed E-state index contributed by atoms with van der Waals surface area (Å²) >= 11 is 7.35. The Balaban J connectivity index is 1.39. The van der Waals surface area contributed by atoms with Crippen molar-refractivity contribution >= 4 is 29.3 Å². The number of rotatable bonds is 9. The molecule has 3 heterocycles. The van der Waals surface area contributed by atoms with Crippen LogP contribution >= 0.6 is 23.4 Å². The Labute approximate surface area is 185 Å². The third kappa shape index (κ3) is 5.50. The van der Waals surface area contributed by atoms with Gasteiger partial charge in [0.2, 0.25) is 5.95 Å². The molecule has 7 nitrogen and oxygen atoms in total. The minimum absolute atomic E-state index is 0.194. The largest absolute Gasteiger partial charge is 0.491 e. The molecule has 0 bridgehead atoms. The lowest BCUT2D eigenvalue weighted by atomic mass is 10.1. The maximum atomic E-state index is 10.4. The fourth-order valence-corrected chi connectivity index (χ4v) is 4.32. The van der Waals surface area contributed by atoms with Gasteiger partial charge in [-0.05, 0) is 55.7 Å². The Morgan fingerprint density at radius 3 is 2.67 bits per heavy atom. The molecule has 1 atom stereocenters. The third-order valence-corrected chi connectivity index (χ3v) is 6.25. The highest BCUT2D eigenvalue weighted by Gasteiger charge is 2.22. The van der Waals surface area contributed by atoms with Crippen molar-refractivity contribution in [3.63, 3.8) is 0 Å². The van der Waals surface area contributed by atoms with Gasteiger partial charge in [-0.1, -0.05) is 23.4 Å². The van der Waals surface area contributed by atoms with E-state index in [1.54, 1.807) is 30.5 Å². The highest BCUT2D eigenvalue weighted by molar-refractivity contribution is 7.99. The zero-order valence-electron chi connectivity index (χ0n) is 16.6. The molecule has 3 aromatic rings. The number of aliphatic hydroxyl groups excluding tert-OH is 1. The molecule has 0 saturated carbocycles. The molecule has 1 aromatic carbocycles. The number of aromatic nitrogens is 3. The molecule has 0 amide bonds. The van der Waals surface area contributed by atoms with E-state index >= 15 is 0 Å². The smallest absolute Gasteiger partial charge is 0.228 e. The summed E-state index contributed by atoms with van der Waals surface area (Å²) in [5.74, 6) is 2.84. The Morgan fingerprint density at radius 1 is 1.13 bits per heavy atom.